The van der Waals surface area contributed by atoms with Crippen LogP contribution in [-0.2, 0) is 4.79 Å². The minimum absolute atomic E-state index is 0.162. The maximum absolute atomic E-state index is 10.7. The van der Waals surface area contributed by atoms with Gasteiger partial charge in [0.2, 0.25) is 0 Å². The summed E-state index contributed by atoms with van der Waals surface area (Å²) in [7, 11) is 0. The van der Waals surface area contributed by atoms with Gasteiger partial charge in [-0.25, -0.2) is 0 Å². The third-order valence-electron chi connectivity index (χ3n) is 2.44. The molecule has 0 unspecified atom stereocenters. The first kappa shape index (κ1) is 10.5. The van der Waals surface area contributed by atoms with Gasteiger partial charge in [-0.15, -0.1) is 0 Å². The normalized spacial score (nSPS) is 34.5. The van der Waals surface area contributed by atoms with E-state index in [2.05, 4.69) is 12.2 Å². The van der Waals surface area contributed by atoms with Crippen molar-refractivity contribution in [2.75, 3.05) is 0 Å². The molecule has 76 valence electrons. The lowest BCUT2D eigenvalue weighted by Gasteiger charge is -2.31. The summed E-state index contributed by atoms with van der Waals surface area (Å²) in [5, 5.41) is 21.2. The van der Waals surface area contributed by atoms with Gasteiger partial charge in [-0.05, 0) is 19.3 Å². The summed E-state index contributed by atoms with van der Waals surface area (Å²) in [5.74, 6) is -0.861. The van der Waals surface area contributed by atoms with Crippen LogP contribution in [0.1, 0.15) is 32.6 Å². The summed E-state index contributed by atoms with van der Waals surface area (Å²) in [6, 6.07) is -0.407. The largest absolute Gasteiger partial charge is 0.480 e. The smallest absolute Gasteiger partial charge is 0.320 e. The molecule has 1 saturated heterocycles. The molecular weight excluding hydrogens is 170 g/mol. The van der Waals surface area contributed by atoms with Crippen LogP contribution in [0.15, 0.2) is 0 Å². The molecule has 13 heavy (non-hydrogen) atoms. The second-order valence-corrected chi connectivity index (χ2v) is 3.67. The SMILES string of the molecule is CCC[C@H]1C[C@H](O)C[C@@H](C(=O)O)N1. The number of hydrogen-bond donors (Lipinski definition) is 3. The number of aliphatic hydroxyl groups is 1. The van der Waals surface area contributed by atoms with Crippen molar-refractivity contribution in [1.29, 1.82) is 0 Å². The molecular formula is C9H17NO3. The molecule has 4 heteroatoms. The van der Waals surface area contributed by atoms with Crippen molar-refractivity contribution in [2.45, 2.75) is 50.8 Å². The fourth-order valence-electron chi connectivity index (χ4n) is 1.84. The Morgan fingerprint density at radius 3 is 2.77 bits per heavy atom. The number of carboxylic acid groups (broad SMARTS) is 1. The third-order valence-corrected chi connectivity index (χ3v) is 2.44. The van der Waals surface area contributed by atoms with Crippen LogP contribution in [-0.4, -0.2) is 34.4 Å². The Morgan fingerprint density at radius 2 is 2.23 bits per heavy atom. The number of piperidine rings is 1. The quantitative estimate of drug-likeness (QED) is 0.596. The lowest BCUT2D eigenvalue weighted by Crippen LogP contribution is -2.51. The fraction of sp³-hybridized carbons (Fsp3) is 0.889. The molecule has 0 aliphatic carbocycles. The minimum Gasteiger partial charge on any atom is -0.480 e. The van der Waals surface area contributed by atoms with E-state index in [1.165, 1.54) is 0 Å². The molecule has 1 aliphatic rings. The number of aliphatic carboxylic acids is 1. The van der Waals surface area contributed by atoms with Crippen molar-refractivity contribution in [3.63, 3.8) is 0 Å². The Balaban J connectivity index is 2.47. The van der Waals surface area contributed by atoms with Crippen LogP contribution < -0.4 is 5.32 Å². The molecule has 0 bridgehead atoms. The molecule has 0 saturated carbocycles. The van der Waals surface area contributed by atoms with Crippen LogP contribution in [0.5, 0.6) is 0 Å². The second kappa shape index (κ2) is 4.58. The van der Waals surface area contributed by atoms with Crippen LogP contribution in [0.2, 0.25) is 0 Å². The summed E-state index contributed by atoms with van der Waals surface area (Å²) in [6.45, 7) is 2.05. The average molecular weight is 187 g/mol. The summed E-state index contributed by atoms with van der Waals surface area (Å²) >= 11 is 0. The zero-order chi connectivity index (χ0) is 9.84. The van der Waals surface area contributed by atoms with E-state index in [1.54, 1.807) is 0 Å². The Labute approximate surface area is 78.0 Å². The lowest BCUT2D eigenvalue weighted by atomic mass is 9.93. The van der Waals surface area contributed by atoms with E-state index >= 15 is 0 Å². The number of hydrogen-bond acceptors (Lipinski definition) is 3. The van der Waals surface area contributed by atoms with E-state index in [0.29, 0.717) is 12.8 Å². The van der Waals surface area contributed by atoms with Gasteiger partial charge >= 0.3 is 5.97 Å². The number of nitrogens with one attached hydrogen (secondary N) is 1. The van der Waals surface area contributed by atoms with E-state index in [1.807, 2.05) is 0 Å². The van der Waals surface area contributed by atoms with Gasteiger partial charge in [0.05, 0.1) is 6.10 Å². The van der Waals surface area contributed by atoms with E-state index in [4.69, 9.17) is 5.11 Å². The van der Waals surface area contributed by atoms with E-state index < -0.39 is 18.1 Å². The van der Waals surface area contributed by atoms with Crippen molar-refractivity contribution in [1.82, 2.24) is 5.32 Å². The van der Waals surface area contributed by atoms with Gasteiger partial charge < -0.3 is 15.5 Å². The van der Waals surface area contributed by atoms with Crippen LogP contribution in [0.4, 0.5) is 0 Å². The monoisotopic (exact) mass is 187 g/mol. The minimum atomic E-state index is -0.861. The summed E-state index contributed by atoms with van der Waals surface area (Å²) in [4.78, 5) is 10.7. The molecule has 3 atom stereocenters. The predicted molar refractivity (Wildman–Crippen MR) is 48.5 cm³/mol. The Bertz CT molecular complexity index is 184. The highest BCUT2D eigenvalue weighted by molar-refractivity contribution is 5.73. The molecule has 1 aliphatic heterocycles. The van der Waals surface area contributed by atoms with E-state index in [0.717, 1.165) is 12.8 Å². The first-order chi connectivity index (χ1) is 6.13. The maximum Gasteiger partial charge on any atom is 0.320 e. The van der Waals surface area contributed by atoms with Gasteiger partial charge in [-0.2, -0.15) is 0 Å². The molecule has 0 spiro atoms. The number of carbonyl (C=O) groups is 1. The molecule has 4 nitrogen and oxygen atoms in total. The molecule has 1 fully saturated rings. The molecule has 0 aromatic carbocycles. The van der Waals surface area contributed by atoms with Gasteiger partial charge in [0.25, 0.3) is 0 Å². The van der Waals surface area contributed by atoms with Crippen LogP contribution in [0.3, 0.4) is 0 Å². The molecule has 1 heterocycles. The summed E-state index contributed by atoms with van der Waals surface area (Å²) in [5.41, 5.74) is 0. The van der Waals surface area contributed by atoms with Gasteiger partial charge in [0.15, 0.2) is 0 Å². The highest BCUT2D eigenvalue weighted by atomic mass is 16.4. The molecule has 0 aromatic heterocycles. The second-order valence-electron chi connectivity index (χ2n) is 3.67. The van der Waals surface area contributed by atoms with E-state index in [9.17, 15) is 9.90 Å². The standard InChI is InChI=1S/C9H17NO3/c1-2-3-6-4-7(11)5-8(10-6)9(12)13/h6-8,10-11H,2-5H2,1H3,(H,12,13)/t6-,7-,8-/m0/s1. The Kier molecular flexibility index (Phi) is 3.69. The van der Waals surface area contributed by atoms with E-state index in [-0.39, 0.29) is 6.04 Å². The van der Waals surface area contributed by atoms with Crippen molar-refractivity contribution in [3.05, 3.63) is 0 Å². The van der Waals surface area contributed by atoms with Gasteiger partial charge in [0.1, 0.15) is 6.04 Å². The first-order valence-corrected chi connectivity index (χ1v) is 4.80. The highest BCUT2D eigenvalue weighted by Crippen LogP contribution is 2.16. The third kappa shape index (κ3) is 2.97. The zero-order valence-electron chi connectivity index (χ0n) is 7.86. The van der Waals surface area contributed by atoms with Crippen molar-refractivity contribution in [2.24, 2.45) is 0 Å². The number of aliphatic hydroxyl groups excluding tert-OH is 1. The van der Waals surface area contributed by atoms with Crippen molar-refractivity contribution < 1.29 is 15.0 Å². The van der Waals surface area contributed by atoms with Crippen LogP contribution in [0, 0.1) is 0 Å². The van der Waals surface area contributed by atoms with Crippen LogP contribution in [0.25, 0.3) is 0 Å². The molecule has 0 aromatic rings. The Morgan fingerprint density at radius 1 is 1.54 bits per heavy atom. The summed E-state index contributed by atoms with van der Waals surface area (Å²) in [6.07, 6.45) is 2.49. The number of rotatable bonds is 3. The van der Waals surface area contributed by atoms with Crippen molar-refractivity contribution >= 4 is 5.97 Å². The Hall–Kier alpha value is -0.610. The fourth-order valence-corrected chi connectivity index (χ4v) is 1.84. The number of carboxylic acids is 1. The molecule has 0 radical (unpaired) electrons. The molecule has 3 N–H and O–H groups in total. The highest BCUT2D eigenvalue weighted by Gasteiger charge is 2.30. The topological polar surface area (TPSA) is 69.6 Å². The molecule has 1 rings (SSSR count). The van der Waals surface area contributed by atoms with Gasteiger partial charge in [-0.1, -0.05) is 13.3 Å². The zero-order valence-corrected chi connectivity index (χ0v) is 7.86. The maximum atomic E-state index is 10.7. The average Bonchev–Trinajstić information content (AvgIpc) is 2.03. The van der Waals surface area contributed by atoms with Gasteiger partial charge in [-0.3, -0.25) is 4.79 Å². The van der Waals surface area contributed by atoms with Crippen molar-refractivity contribution in [3.8, 4) is 0 Å². The summed E-state index contributed by atoms with van der Waals surface area (Å²) < 4.78 is 0. The van der Waals surface area contributed by atoms with Crippen LogP contribution >= 0.6 is 0 Å². The predicted octanol–water partition coefficient (Wildman–Crippen LogP) is 0.353. The molecule has 0 amide bonds. The lowest BCUT2D eigenvalue weighted by molar-refractivity contribution is -0.141. The first-order valence-electron chi connectivity index (χ1n) is 4.80. The van der Waals surface area contributed by atoms with Gasteiger partial charge in [0, 0.05) is 6.04 Å².